The molecule has 15 rings (SSSR count). The van der Waals surface area contributed by atoms with E-state index in [0.717, 1.165) is 28.6 Å². The summed E-state index contributed by atoms with van der Waals surface area (Å²) in [5, 5.41) is 46.1. The van der Waals surface area contributed by atoms with Gasteiger partial charge in [0.05, 0.1) is 239 Å². The molecule has 0 fully saturated rings. The van der Waals surface area contributed by atoms with E-state index >= 15 is 0 Å². The first-order valence-corrected chi connectivity index (χ1v) is 49.2. The predicted molar refractivity (Wildman–Crippen MR) is 542 cm³/mol. The zero-order valence-electron chi connectivity index (χ0n) is 83.7. The van der Waals surface area contributed by atoms with Crippen molar-refractivity contribution in [2.24, 2.45) is 0 Å². The lowest BCUT2D eigenvalue weighted by atomic mass is 10.1. The van der Waals surface area contributed by atoms with Gasteiger partial charge < -0.3 is 151 Å². The third-order valence-electron chi connectivity index (χ3n) is 19.3. The van der Waals surface area contributed by atoms with Gasteiger partial charge in [0.2, 0.25) is 0 Å². The molecule has 7 heterocycles. The number of terminal acetylenes is 1. The lowest BCUT2D eigenvalue weighted by molar-refractivity contribution is -0.385. The number of carbonyl (C=O) groups is 4. The van der Waals surface area contributed by atoms with Crippen LogP contribution in [0.3, 0.4) is 0 Å². The number of nitro groups is 1. The van der Waals surface area contributed by atoms with Crippen LogP contribution in [0.15, 0.2) is 156 Å². The van der Waals surface area contributed by atoms with Gasteiger partial charge in [0.25, 0.3) is 21.4 Å². The minimum atomic E-state index is -3.54. The summed E-state index contributed by atoms with van der Waals surface area (Å²) in [7, 11) is -3.54. The van der Waals surface area contributed by atoms with Gasteiger partial charge in [-0.1, -0.05) is 48.2 Å². The number of fused-ring (bicyclic) bond motifs is 7. The number of nitrogens with one attached hydrogen (secondary N) is 1. The number of anilines is 2. The number of aromatic amines is 1. The number of phenols is 2. The quantitative estimate of drug-likeness (QED) is 0.00612. The second-order valence-electron chi connectivity index (χ2n) is 30.1. The van der Waals surface area contributed by atoms with Crippen LogP contribution in [0.25, 0.3) is 21.8 Å². The largest absolute Gasteiger partial charge is 0.504 e. The van der Waals surface area contributed by atoms with Gasteiger partial charge >= 0.3 is 23.9 Å². The van der Waals surface area contributed by atoms with Gasteiger partial charge in [-0.15, -0.1) is 6.42 Å². The Hall–Kier alpha value is -14.0. The molecule has 5 aliphatic rings. The predicted octanol–water partition coefficient (Wildman–Crippen LogP) is 10.9. The number of esters is 4. The first-order chi connectivity index (χ1) is 72.3. The second-order valence-corrected chi connectivity index (χ2v) is 32.1. The number of hydrogen-bond donors (Lipinski definition) is 7. The van der Waals surface area contributed by atoms with Crippen molar-refractivity contribution in [3.63, 3.8) is 0 Å². The Kier molecular flexibility index (Phi) is 57.9. The van der Waals surface area contributed by atoms with Crippen molar-refractivity contribution >= 4 is 84.5 Å². The molecular formula is C102H128ClN7O38S. The normalized spacial score (nSPS) is 14.7. The van der Waals surface area contributed by atoms with E-state index in [0.29, 0.717) is 277 Å². The number of aromatic hydroxyl groups is 2. The maximum Gasteiger partial charge on any atom is 0.345 e. The smallest absolute Gasteiger partial charge is 0.345 e. The van der Waals surface area contributed by atoms with Crippen LogP contribution in [0, 0.1) is 29.4 Å². The molecule has 0 saturated carbocycles. The number of H-pyrrole nitrogens is 1. The highest BCUT2D eigenvalue weighted by Crippen LogP contribution is 2.39. The van der Waals surface area contributed by atoms with Crippen molar-refractivity contribution in [1.82, 2.24) is 19.9 Å². The maximum absolute atomic E-state index is 12.0. The van der Waals surface area contributed by atoms with Crippen LogP contribution in [-0.2, 0) is 80.6 Å². The van der Waals surface area contributed by atoms with Crippen LogP contribution in [0.4, 0.5) is 17.1 Å². The van der Waals surface area contributed by atoms with E-state index in [1.165, 1.54) is 36.9 Å². The SMILES string of the molecule is C#Cc1cccc(N)c1.CCCOS(=O)(=O)c1ccc(C)cc1.CCOC(=O)c1cc2c(cc1N)OCCOCCOCCO2.CCOC(=O)c1cc2c(cc1[N+](=O)[O-])OCCOCCOCCO2.CCOC(=O)c1ccc(O)c(O)c1.CCOC(=O)c1ccc2c(c1)OCCOCCOCCO2.Clc1ncnc2cc3c(cc12)OCCOCCOCCO3.O=c1[nH]cnc2cc3c(cc12)OCCOCCOCCO3.OCCO. The van der Waals surface area contributed by atoms with Gasteiger partial charge in [-0.05, 0) is 120 Å². The summed E-state index contributed by atoms with van der Waals surface area (Å²) in [6.07, 6.45) is 8.58. The molecule has 8 aromatic carbocycles. The number of ether oxygens (including phenoxy) is 24. The number of benzene rings is 8. The van der Waals surface area contributed by atoms with Gasteiger partial charge in [-0.2, -0.15) is 8.42 Å². The number of aliphatic hydroxyl groups is 2. The average molecular weight is 2130 g/mol. The van der Waals surface area contributed by atoms with E-state index in [4.69, 9.17) is 168 Å². The number of rotatable bonds is 14. The second kappa shape index (κ2) is 70.8. The van der Waals surface area contributed by atoms with Crippen molar-refractivity contribution in [2.75, 3.05) is 256 Å². The number of halogens is 1. The summed E-state index contributed by atoms with van der Waals surface area (Å²) >= 11 is 6.09. The van der Waals surface area contributed by atoms with Crippen molar-refractivity contribution in [3.8, 4) is 81.3 Å². The molecule has 0 amide bonds. The van der Waals surface area contributed by atoms with Crippen LogP contribution >= 0.6 is 11.6 Å². The van der Waals surface area contributed by atoms with Crippen LogP contribution < -0.4 is 64.4 Å². The molecule has 0 unspecified atom stereocenters. The number of aliphatic hydroxyl groups excluding tert-OH is 2. The number of phenolic OH excluding ortho intramolecular Hbond substituents is 2. The molecule has 45 nitrogen and oxygen atoms in total. The van der Waals surface area contributed by atoms with Crippen molar-refractivity contribution in [2.45, 2.75) is 52.9 Å². The number of carbonyl (C=O) groups excluding carboxylic acids is 4. The zero-order chi connectivity index (χ0) is 108. The number of hydrogen-bond acceptors (Lipinski definition) is 43. The molecule has 2 aromatic heterocycles. The molecular weight excluding hydrogens is 2000 g/mol. The Bertz CT molecular complexity index is 5940. The van der Waals surface area contributed by atoms with Gasteiger partial charge in [0.15, 0.2) is 69.0 Å². The van der Waals surface area contributed by atoms with E-state index < -0.39 is 38.6 Å². The fourth-order valence-electron chi connectivity index (χ4n) is 12.3. The molecule has 9 N–H and O–H groups in total. The fourth-order valence-corrected chi connectivity index (χ4v) is 13.5. The molecule has 0 atom stereocenters. The molecule has 10 aromatic rings. The third-order valence-corrected chi connectivity index (χ3v) is 20.9. The van der Waals surface area contributed by atoms with E-state index in [-0.39, 0.29) is 115 Å². The van der Waals surface area contributed by atoms with Crippen LogP contribution in [-0.4, -0.2) is 322 Å². The topological polar surface area (TPSA) is 581 Å². The third kappa shape index (κ3) is 45.3. The number of aryl methyl sites for hydroxylation is 1. The van der Waals surface area contributed by atoms with E-state index in [1.54, 1.807) is 113 Å². The zero-order valence-corrected chi connectivity index (χ0v) is 85.3. The Labute approximate surface area is 866 Å². The maximum atomic E-state index is 12.0. The van der Waals surface area contributed by atoms with Gasteiger partial charge in [-0.25, -0.2) is 34.1 Å². The molecule has 0 aliphatic carbocycles. The summed E-state index contributed by atoms with van der Waals surface area (Å²) < 4.78 is 157. The molecule has 5 aliphatic heterocycles. The summed E-state index contributed by atoms with van der Waals surface area (Å²) in [5.74, 6) is 4.35. The number of nitrogens with two attached hydrogens (primary N) is 2. The Morgan fingerprint density at radius 1 is 0.436 bits per heavy atom. The Morgan fingerprint density at radius 2 is 0.805 bits per heavy atom. The van der Waals surface area contributed by atoms with Crippen molar-refractivity contribution < 1.29 is 171 Å². The van der Waals surface area contributed by atoms with E-state index in [2.05, 4.69) is 25.9 Å². The summed E-state index contributed by atoms with van der Waals surface area (Å²) in [4.78, 5) is 84.1. The highest BCUT2D eigenvalue weighted by atomic mass is 35.5. The highest BCUT2D eigenvalue weighted by molar-refractivity contribution is 7.86. The van der Waals surface area contributed by atoms with E-state index in [1.807, 2.05) is 26.0 Å². The first-order valence-electron chi connectivity index (χ1n) is 47.4. The number of nitro benzene ring substituents is 1. The van der Waals surface area contributed by atoms with E-state index in [9.17, 15) is 42.5 Å². The molecule has 0 bridgehead atoms. The monoisotopic (exact) mass is 2130 g/mol. The summed E-state index contributed by atoms with van der Waals surface area (Å²) in [6, 6.07) is 35.1. The molecule has 812 valence electrons. The Morgan fingerprint density at radius 3 is 1.21 bits per heavy atom. The number of aromatic nitrogens is 4. The average Bonchev–Trinajstić information content (AvgIpc) is 0.811. The molecule has 0 radical (unpaired) electrons. The lowest BCUT2D eigenvalue weighted by Crippen LogP contribution is -2.16. The van der Waals surface area contributed by atoms with Crippen LogP contribution in [0.1, 0.15) is 93.6 Å². The van der Waals surface area contributed by atoms with Crippen LogP contribution in [0.5, 0.6) is 69.0 Å². The minimum Gasteiger partial charge on any atom is -0.504 e. The van der Waals surface area contributed by atoms with Crippen LogP contribution in [0.2, 0.25) is 5.15 Å². The standard InChI is InChI=1S/C15H19NO8.C15H21NO6.C15H20O6.C14H15ClN2O4.C14H16N2O5.C10H14O3S.C9H10O4.C8H7N.C2H6O2/c1-2-22-15(17)11-9-13-14(10-12(11)16(18)19)24-8-6-21-4-3-20-5-7-23-13;1-2-20-15(17)11-9-13-14(10-12(11)16)22-8-6-19-4-3-18-5-7-21-13;1-2-19-15(16)12-3-4-13-14(11-12)21-10-8-18-6-5-17-7-9-20-13;15-14-10-7-12-13(8-11(10)16-9-17-14)21-6-4-19-2-1-18-3-5-20-12;17-14-10-7-12-13(8-11(10)15-9-16-14)21-6-4-19-2-1-18-3-5-20-12;1-3-8-13-14(11,12)10-6-4-9(2)5-7-10;1-2-13-9(12)6-3-4-7(10)8(11)5-6;1-2-7-4-3-5-8(9)6-7;3-1-2-4/h9-10H,2-8H2,1H3;9-10H,2-8,16H2,1H3;3-4,11H,2,5-10H2,1H3;7-9H,1-6H2;7-9H,1-6H2,(H,15,16,17);4-7H,3,8H2,1-2H3;3-5,10-11H,2H2,1H3;1,3-6H,9H2;3-4H,1-2H2. The van der Waals surface area contributed by atoms with Gasteiger partial charge in [0.1, 0.15) is 83.1 Å². The number of nitrogen functional groups attached to an aromatic ring is 2. The number of nitrogens with zero attached hydrogens (tertiary/aromatic N) is 4. The fraction of sp³-hybridized carbons (Fsp3) is 0.431. The summed E-state index contributed by atoms with van der Waals surface area (Å²) in [5.41, 5.74) is 15.6. The summed E-state index contributed by atoms with van der Waals surface area (Å²) in [6.45, 7) is 24.4. The van der Waals surface area contributed by atoms with Gasteiger partial charge in [0, 0.05) is 47.0 Å². The molecule has 0 saturated heterocycles. The Balaban J connectivity index is 0.000000232. The minimum absolute atomic E-state index is 0.107. The van der Waals surface area contributed by atoms with Crippen molar-refractivity contribution in [3.05, 3.63) is 205 Å². The van der Waals surface area contributed by atoms with Crippen molar-refractivity contribution in [1.29, 1.82) is 0 Å². The first kappa shape index (κ1) is 122. The molecule has 47 heteroatoms. The van der Waals surface area contributed by atoms with Gasteiger partial charge in [-0.3, -0.25) is 19.1 Å². The lowest BCUT2D eigenvalue weighted by Gasteiger charge is -2.17. The molecule has 0 spiro atoms. The molecule has 149 heavy (non-hydrogen) atoms. The highest BCUT2D eigenvalue weighted by Gasteiger charge is 2.28.